The Hall–Kier alpha value is -2.45. The van der Waals surface area contributed by atoms with Gasteiger partial charge in [-0.15, -0.1) is 13.2 Å². The Labute approximate surface area is 176 Å². The molecule has 0 bridgehead atoms. The third-order valence-electron chi connectivity index (χ3n) is 5.43. The molecule has 4 rings (SSSR count). The molecule has 2 fully saturated rings. The number of likely N-dealkylation sites (tertiary alicyclic amines) is 1. The SMILES string of the molecule is O=C1OC2(CCN(Cc3ccc(Cl)c(OC(F)(F)F)c3)CC2)CN1c1ccccc1. The van der Waals surface area contributed by atoms with Crippen molar-refractivity contribution in [1.29, 1.82) is 0 Å². The minimum atomic E-state index is -4.79. The molecule has 160 valence electrons. The Balaban J connectivity index is 1.38. The van der Waals surface area contributed by atoms with Gasteiger partial charge in [0.25, 0.3) is 0 Å². The molecule has 0 saturated carbocycles. The van der Waals surface area contributed by atoms with E-state index in [0.29, 0.717) is 44.6 Å². The van der Waals surface area contributed by atoms with Crippen LogP contribution in [-0.4, -0.2) is 42.6 Å². The molecule has 0 unspecified atom stereocenters. The number of nitrogens with zero attached hydrogens (tertiary/aromatic N) is 2. The summed E-state index contributed by atoms with van der Waals surface area (Å²) >= 11 is 5.81. The number of alkyl halides is 3. The predicted molar refractivity (Wildman–Crippen MR) is 106 cm³/mol. The van der Waals surface area contributed by atoms with Crippen LogP contribution in [0.1, 0.15) is 18.4 Å². The van der Waals surface area contributed by atoms with E-state index in [1.807, 2.05) is 30.3 Å². The third-order valence-corrected chi connectivity index (χ3v) is 5.75. The van der Waals surface area contributed by atoms with Gasteiger partial charge in [0.1, 0.15) is 11.4 Å². The average Bonchev–Trinajstić information content (AvgIpc) is 3.02. The van der Waals surface area contributed by atoms with Crippen molar-refractivity contribution < 1.29 is 27.4 Å². The second-order valence-electron chi connectivity index (χ2n) is 7.56. The van der Waals surface area contributed by atoms with Crippen molar-refractivity contribution in [2.45, 2.75) is 31.3 Å². The normalized spacial score (nSPS) is 19.2. The fraction of sp³-hybridized carbons (Fsp3) is 0.381. The smallest absolute Gasteiger partial charge is 0.441 e. The molecule has 0 atom stereocenters. The maximum absolute atomic E-state index is 12.5. The molecule has 2 heterocycles. The summed E-state index contributed by atoms with van der Waals surface area (Å²) in [6.07, 6.45) is -3.83. The molecule has 2 aromatic rings. The fourth-order valence-electron chi connectivity index (χ4n) is 3.92. The van der Waals surface area contributed by atoms with Gasteiger partial charge in [0.15, 0.2) is 0 Å². The van der Waals surface area contributed by atoms with Crippen LogP contribution in [0.3, 0.4) is 0 Å². The summed E-state index contributed by atoms with van der Waals surface area (Å²) in [7, 11) is 0. The zero-order valence-electron chi connectivity index (χ0n) is 16.0. The minimum absolute atomic E-state index is 0.0902. The van der Waals surface area contributed by atoms with Crippen molar-refractivity contribution in [3.05, 3.63) is 59.1 Å². The quantitative estimate of drug-likeness (QED) is 0.653. The Morgan fingerprint density at radius 3 is 2.47 bits per heavy atom. The summed E-state index contributed by atoms with van der Waals surface area (Å²) in [4.78, 5) is 16.1. The van der Waals surface area contributed by atoms with Crippen molar-refractivity contribution in [2.75, 3.05) is 24.5 Å². The topological polar surface area (TPSA) is 42.0 Å². The number of hydrogen-bond donors (Lipinski definition) is 0. The van der Waals surface area contributed by atoms with Gasteiger partial charge < -0.3 is 9.47 Å². The Morgan fingerprint density at radius 1 is 1.10 bits per heavy atom. The van der Waals surface area contributed by atoms with Gasteiger partial charge in [-0.1, -0.05) is 35.9 Å². The molecule has 2 saturated heterocycles. The number of benzene rings is 2. The van der Waals surface area contributed by atoms with Crippen molar-refractivity contribution >= 4 is 23.4 Å². The van der Waals surface area contributed by atoms with Gasteiger partial charge >= 0.3 is 12.5 Å². The van der Waals surface area contributed by atoms with Crippen LogP contribution >= 0.6 is 11.6 Å². The number of anilines is 1. The van der Waals surface area contributed by atoms with Crippen LogP contribution in [0.4, 0.5) is 23.7 Å². The molecule has 0 aromatic heterocycles. The van der Waals surface area contributed by atoms with E-state index in [1.54, 1.807) is 11.0 Å². The first-order valence-electron chi connectivity index (χ1n) is 9.55. The first kappa shape index (κ1) is 20.8. The number of carbonyl (C=O) groups excluding carboxylic acids is 1. The van der Waals surface area contributed by atoms with E-state index in [2.05, 4.69) is 9.64 Å². The first-order valence-corrected chi connectivity index (χ1v) is 9.93. The zero-order chi connectivity index (χ0) is 21.4. The molecule has 5 nitrogen and oxygen atoms in total. The van der Waals surface area contributed by atoms with E-state index >= 15 is 0 Å². The van der Waals surface area contributed by atoms with Gasteiger partial charge in [0, 0.05) is 38.2 Å². The van der Waals surface area contributed by atoms with Crippen LogP contribution in [0.25, 0.3) is 0 Å². The highest BCUT2D eigenvalue weighted by atomic mass is 35.5. The van der Waals surface area contributed by atoms with Gasteiger partial charge in [0.2, 0.25) is 0 Å². The number of hydrogen-bond acceptors (Lipinski definition) is 4. The highest BCUT2D eigenvalue weighted by Crippen LogP contribution is 2.36. The Morgan fingerprint density at radius 2 is 1.80 bits per heavy atom. The van der Waals surface area contributed by atoms with Crippen LogP contribution in [-0.2, 0) is 11.3 Å². The van der Waals surface area contributed by atoms with E-state index in [-0.39, 0.29) is 11.1 Å². The van der Waals surface area contributed by atoms with Crippen LogP contribution < -0.4 is 9.64 Å². The molecule has 2 aromatic carbocycles. The average molecular weight is 441 g/mol. The van der Waals surface area contributed by atoms with Crippen LogP contribution in [0.2, 0.25) is 5.02 Å². The van der Waals surface area contributed by atoms with Crippen molar-refractivity contribution in [3.63, 3.8) is 0 Å². The molecule has 1 spiro atoms. The van der Waals surface area contributed by atoms with Gasteiger partial charge in [-0.05, 0) is 29.8 Å². The number of amides is 1. The summed E-state index contributed by atoms with van der Waals surface area (Å²) in [5.41, 5.74) is 0.942. The molecule has 0 N–H and O–H groups in total. The summed E-state index contributed by atoms with van der Waals surface area (Å²) in [5, 5.41) is -0.0902. The number of piperidine rings is 1. The fourth-order valence-corrected chi connectivity index (χ4v) is 4.07. The highest BCUT2D eigenvalue weighted by Gasteiger charge is 2.47. The van der Waals surface area contributed by atoms with Crippen molar-refractivity contribution in [3.8, 4) is 5.75 Å². The number of para-hydroxylation sites is 1. The molecule has 0 aliphatic carbocycles. The molecule has 2 aliphatic heterocycles. The number of rotatable bonds is 4. The summed E-state index contributed by atoms with van der Waals surface area (Å²) in [6.45, 7) is 2.27. The number of halogens is 4. The molecule has 2 aliphatic rings. The maximum atomic E-state index is 12.5. The van der Waals surface area contributed by atoms with Gasteiger partial charge in [-0.2, -0.15) is 0 Å². The van der Waals surface area contributed by atoms with E-state index in [4.69, 9.17) is 16.3 Å². The second kappa shape index (κ2) is 8.00. The van der Waals surface area contributed by atoms with Crippen molar-refractivity contribution in [2.24, 2.45) is 0 Å². The van der Waals surface area contributed by atoms with Crippen LogP contribution in [0, 0.1) is 0 Å². The highest BCUT2D eigenvalue weighted by molar-refractivity contribution is 6.32. The van der Waals surface area contributed by atoms with Crippen LogP contribution in [0.15, 0.2) is 48.5 Å². The molecule has 30 heavy (non-hydrogen) atoms. The summed E-state index contributed by atoms with van der Waals surface area (Å²) in [5.74, 6) is -0.404. The lowest BCUT2D eigenvalue weighted by atomic mass is 9.91. The predicted octanol–water partition coefficient (Wildman–Crippen LogP) is 5.23. The summed E-state index contributed by atoms with van der Waals surface area (Å²) < 4.78 is 47.3. The standard InChI is InChI=1S/C21H20ClF3N2O3/c22-17-7-6-15(12-18(17)29-21(23,24)25)13-26-10-8-20(9-11-26)14-27(19(28)30-20)16-4-2-1-3-5-16/h1-7,12H,8-11,13-14H2. The van der Waals surface area contributed by atoms with Crippen molar-refractivity contribution in [1.82, 2.24) is 4.90 Å². The largest absolute Gasteiger partial charge is 0.573 e. The first-order chi connectivity index (χ1) is 14.2. The van der Waals surface area contributed by atoms with Crippen LogP contribution in [0.5, 0.6) is 5.75 Å². The minimum Gasteiger partial charge on any atom is -0.441 e. The van der Waals surface area contributed by atoms with E-state index in [1.165, 1.54) is 12.1 Å². The Kier molecular flexibility index (Phi) is 5.55. The van der Waals surface area contributed by atoms with Gasteiger partial charge in [-0.3, -0.25) is 9.80 Å². The molecular weight excluding hydrogens is 421 g/mol. The third kappa shape index (κ3) is 4.65. The summed E-state index contributed by atoms with van der Waals surface area (Å²) in [6, 6.07) is 13.8. The lowest BCUT2D eigenvalue weighted by Gasteiger charge is -2.37. The number of ether oxygens (including phenoxy) is 2. The van der Waals surface area contributed by atoms with Gasteiger partial charge in [0.05, 0.1) is 11.6 Å². The lowest BCUT2D eigenvalue weighted by Crippen LogP contribution is -2.46. The zero-order valence-corrected chi connectivity index (χ0v) is 16.7. The molecular formula is C21H20ClF3N2O3. The number of carbonyl (C=O) groups is 1. The Bertz CT molecular complexity index is 915. The second-order valence-corrected chi connectivity index (χ2v) is 7.97. The van der Waals surface area contributed by atoms with Gasteiger partial charge in [-0.25, -0.2) is 4.79 Å². The molecule has 9 heteroatoms. The monoisotopic (exact) mass is 440 g/mol. The van der Waals surface area contributed by atoms with E-state index in [0.717, 1.165) is 5.69 Å². The van der Waals surface area contributed by atoms with E-state index < -0.39 is 17.7 Å². The molecule has 1 amide bonds. The lowest BCUT2D eigenvalue weighted by molar-refractivity contribution is -0.274. The maximum Gasteiger partial charge on any atom is 0.573 e. The molecule has 0 radical (unpaired) electrons. The van der Waals surface area contributed by atoms with E-state index in [9.17, 15) is 18.0 Å².